The first-order valence-corrected chi connectivity index (χ1v) is 5.81. The summed E-state index contributed by atoms with van der Waals surface area (Å²) in [5.74, 6) is 0. The van der Waals surface area contributed by atoms with Crippen molar-refractivity contribution in [2.75, 3.05) is 0 Å². The molecule has 0 aliphatic heterocycles. The zero-order valence-corrected chi connectivity index (χ0v) is 10.5. The molecule has 90 valence electrons. The standard InChI is InChI=1S/C14H18N2O/c1-14(2,3)12-9-15-13(17)16(12)10-11-7-5-4-6-8-11/h4-9H,10H2,1-3H3,(H,15,17). The first kappa shape index (κ1) is 11.7. The Morgan fingerprint density at radius 1 is 1.18 bits per heavy atom. The number of hydrogen-bond donors (Lipinski definition) is 1. The molecule has 0 aliphatic carbocycles. The summed E-state index contributed by atoms with van der Waals surface area (Å²) < 4.78 is 1.80. The van der Waals surface area contributed by atoms with Crippen LogP contribution < -0.4 is 5.69 Å². The van der Waals surface area contributed by atoms with Gasteiger partial charge in [-0.2, -0.15) is 0 Å². The molecule has 1 N–H and O–H groups in total. The van der Waals surface area contributed by atoms with E-state index >= 15 is 0 Å². The quantitative estimate of drug-likeness (QED) is 0.845. The van der Waals surface area contributed by atoms with Gasteiger partial charge >= 0.3 is 5.69 Å². The number of H-pyrrole nitrogens is 1. The highest BCUT2D eigenvalue weighted by molar-refractivity contribution is 5.18. The predicted octanol–water partition coefficient (Wildman–Crippen LogP) is 2.52. The smallest absolute Gasteiger partial charge is 0.312 e. The van der Waals surface area contributed by atoms with Crippen LogP contribution in [0.1, 0.15) is 32.0 Å². The monoisotopic (exact) mass is 230 g/mol. The van der Waals surface area contributed by atoms with E-state index in [0.717, 1.165) is 11.3 Å². The minimum atomic E-state index is -0.0428. The van der Waals surface area contributed by atoms with E-state index in [1.165, 1.54) is 0 Å². The molecular weight excluding hydrogens is 212 g/mol. The molecule has 0 amide bonds. The lowest BCUT2D eigenvalue weighted by Crippen LogP contribution is -2.25. The third kappa shape index (κ3) is 2.49. The summed E-state index contributed by atoms with van der Waals surface area (Å²) in [5.41, 5.74) is 2.10. The van der Waals surface area contributed by atoms with E-state index in [0.29, 0.717) is 6.54 Å². The molecule has 0 spiro atoms. The highest BCUT2D eigenvalue weighted by atomic mass is 16.1. The van der Waals surface area contributed by atoms with Gasteiger partial charge in [0.1, 0.15) is 0 Å². The number of nitrogens with one attached hydrogen (secondary N) is 1. The molecule has 1 aromatic carbocycles. The van der Waals surface area contributed by atoms with Crippen LogP contribution in [-0.4, -0.2) is 9.55 Å². The summed E-state index contributed by atoms with van der Waals surface area (Å²) in [6.45, 7) is 6.95. The fourth-order valence-corrected chi connectivity index (χ4v) is 1.94. The molecule has 0 atom stereocenters. The van der Waals surface area contributed by atoms with E-state index in [1.54, 1.807) is 4.57 Å². The Labute approximate surface area is 101 Å². The summed E-state index contributed by atoms with van der Waals surface area (Å²) in [5, 5.41) is 0. The first-order chi connectivity index (χ1) is 7.98. The van der Waals surface area contributed by atoms with Gasteiger partial charge in [0.05, 0.1) is 6.54 Å². The fourth-order valence-electron chi connectivity index (χ4n) is 1.94. The second-order valence-corrected chi connectivity index (χ2v) is 5.30. The van der Waals surface area contributed by atoms with Crippen molar-refractivity contribution in [2.45, 2.75) is 32.7 Å². The minimum Gasteiger partial charge on any atom is -0.312 e. The minimum absolute atomic E-state index is 0.0338. The fraction of sp³-hybridized carbons (Fsp3) is 0.357. The average Bonchev–Trinajstić information content (AvgIpc) is 2.62. The Morgan fingerprint density at radius 2 is 1.82 bits per heavy atom. The largest absolute Gasteiger partial charge is 0.326 e. The lowest BCUT2D eigenvalue weighted by Gasteiger charge is -2.20. The van der Waals surface area contributed by atoms with Crippen molar-refractivity contribution in [3.05, 3.63) is 58.3 Å². The maximum Gasteiger partial charge on any atom is 0.326 e. The molecule has 0 saturated heterocycles. The van der Waals surface area contributed by atoms with Gasteiger partial charge in [0.2, 0.25) is 0 Å². The van der Waals surface area contributed by atoms with Crippen molar-refractivity contribution in [1.29, 1.82) is 0 Å². The molecule has 0 aliphatic rings. The molecule has 2 aromatic rings. The van der Waals surface area contributed by atoms with Crippen molar-refractivity contribution >= 4 is 0 Å². The number of benzene rings is 1. The number of hydrogen-bond acceptors (Lipinski definition) is 1. The Kier molecular flexibility index (Phi) is 2.92. The van der Waals surface area contributed by atoms with Gasteiger partial charge in [-0.15, -0.1) is 0 Å². The lowest BCUT2D eigenvalue weighted by atomic mass is 9.92. The molecule has 17 heavy (non-hydrogen) atoms. The van der Waals surface area contributed by atoms with Crippen molar-refractivity contribution in [3.63, 3.8) is 0 Å². The van der Waals surface area contributed by atoms with Gasteiger partial charge < -0.3 is 4.98 Å². The van der Waals surface area contributed by atoms with Crippen molar-refractivity contribution in [3.8, 4) is 0 Å². The molecular formula is C14H18N2O. The van der Waals surface area contributed by atoms with Crippen LogP contribution in [0, 0.1) is 0 Å². The Hall–Kier alpha value is -1.77. The topological polar surface area (TPSA) is 37.8 Å². The van der Waals surface area contributed by atoms with Crippen LogP contribution >= 0.6 is 0 Å². The third-order valence-corrected chi connectivity index (χ3v) is 2.82. The maximum atomic E-state index is 11.8. The second kappa shape index (κ2) is 4.24. The van der Waals surface area contributed by atoms with Gasteiger partial charge in [-0.25, -0.2) is 4.79 Å². The first-order valence-electron chi connectivity index (χ1n) is 5.81. The average molecular weight is 230 g/mol. The highest BCUT2D eigenvalue weighted by Gasteiger charge is 2.20. The molecule has 2 rings (SSSR count). The van der Waals surface area contributed by atoms with Gasteiger partial charge in [0.25, 0.3) is 0 Å². The number of nitrogens with zero attached hydrogens (tertiary/aromatic N) is 1. The van der Waals surface area contributed by atoms with Gasteiger partial charge in [-0.1, -0.05) is 51.1 Å². The van der Waals surface area contributed by atoms with Crippen molar-refractivity contribution < 1.29 is 0 Å². The summed E-state index contributed by atoms with van der Waals surface area (Å²) in [6.07, 6.45) is 1.81. The molecule has 0 bridgehead atoms. The summed E-state index contributed by atoms with van der Waals surface area (Å²) in [6, 6.07) is 10.0. The van der Waals surface area contributed by atoms with Gasteiger partial charge in [-0.05, 0) is 5.56 Å². The van der Waals surface area contributed by atoms with Crippen LogP contribution in [0.2, 0.25) is 0 Å². The molecule has 1 heterocycles. The molecule has 0 saturated carbocycles. The zero-order valence-electron chi connectivity index (χ0n) is 10.5. The molecule has 3 nitrogen and oxygen atoms in total. The zero-order chi connectivity index (χ0) is 12.5. The van der Waals surface area contributed by atoms with Crippen LogP contribution in [0.25, 0.3) is 0 Å². The molecule has 3 heteroatoms. The van der Waals surface area contributed by atoms with E-state index in [9.17, 15) is 4.79 Å². The van der Waals surface area contributed by atoms with Crippen molar-refractivity contribution in [2.24, 2.45) is 0 Å². The van der Waals surface area contributed by atoms with Gasteiger partial charge in [-0.3, -0.25) is 4.57 Å². The summed E-state index contributed by atoms with van der Waals surface area (Å²) in [7, 11) is 0. The highest BCUT2D eigenvalue weighted by Crippen LogP contribution is 2.20. The predicted molar refractivity (Wildman–Crippen MR) is 69.3 cm³/mol. The lowest BCUT2D eigenvalue weighted by molar-refractivity contribution is 0.526. The number of imidazole rings is 1. The molecule has 1 aromatic heterocycles. The molecule has 0 unspecified atom stereocenters. The number of rotatable bonds is 2. The van der Waals surface area contributed by atoms with Crippen LogP contribution in [0.4, 0.5) is 0 Å². The Morgan fingerprint density at radius 3 is 2.41 bits per heavy atom. The van der Waals surface area contributed by atoms with Gasteiger partial charge in [0.15, 0.2) is 0 Å². The summed E-state index contributed by atoms with van der Waals surface area (Å²) >= 11 is 0. The molecule has 0 radical (unpaired) electrons. The van der Waals surface area contributed by atoms with Crippen LogP contribution in [-0.2, 0) is 12.0 Å². The maximum absolute atomic E-state index is 11.8. The van der Waals surface area contributed by atoms with Gasteiger partial charge in [0, 0.05) is 17.3 Å². The second-order valence-electron chi connectivity index (χ2n) is 5.30. The third-order valence-electron chi connectivity index (χ3n) is 2.82. The van der Waals surface area contributed by atoms with E-state index in [1.807, 2.05) is 36.5 Å². The Bertz CT molecular complexity index is 544. The van der Waals surface area contributed by atoms with E-state index in [2.05, 4.69) is 25.8 Å². The Balaban J connectivity index is 2.40. The number of aromatic nitrogens is 2. The van der Waals surface area contributed by atoms with Crippen LogP contribution in [0.5, 0.6) is 0 Å². The van der Waals surface area contributed by atoms with E-state index < -0.39 is 0 Å². The van der Waals surface area contributed by atoms with Crippen molar-refractivity contribution in [1.82, 2.24) is 9.55 Å². The van der Waals surface area contributed by atoms with Crippen LogP contribution in [0.3, 0.4) is 0 Å². The SMILES string of the molecule is CC(C)(C)c1c[nH]c(=O)n1Cc1ccccc1. The molecule has 0 fully saturated rings. The van der Waals surface area contributed by atoms with Crippen LogP contribution in [0.15, 0.2) is 41.3 Å². The number of aromatic amines is 1. The van der Waals surface area contributed by atoms with E-state index in [-0.39, 0.29) is 11.1 Å². The summed E-state index contributed by atoms with van der Waals surface area (Å²) in [4.78, 5) is 14.6. The normalized spacial score (nSPS) is 11.7. The van der Waals surface area contributed by atoms with E-state index in [4.69, 9.17) is 0 Å².